The third-order valence-corrected chi connectivity index (χ3v) is 6.13. The van der Waals surface area contributed by atoms with E-state index in [2.05, 4.69) is 0 Å². The van der Waals surface area contributed by atoms with Crippen molar-refractivity contribution < 1.29 is 22.7 Å². The van der Waals surface area contributed by atoms with Crippen molar-refractivity contribution in [2.75, 3.05) is 0 Å². The highest BCUT2D eigenvalue weighted by molar-refractivity contribution is 14.1. The van der Waals surface area contributed by atoms with Gasteiger partial charge in [-0.2, -0.15) is 0 Å². The largest absolute Gasteiger partial charge is 0.477 e. The van der Waals surface area contributed by atoms with Gasteiger partial charge in [-0.05, 0) is 52.9 Å². The molecule has 0 aliphatic heterocycles. The number of aromatic nitrogens is 1. The molecule has 5 nitrogen and oxygen atoms in total. The Labute approximate surface area is 144 Å². The standard InChI is InChI=1S/C15H9FINO4S/c16-9-6-7-11-12(8-9)18(14(13(11)17)15(19)20)23(21,22)10-4-2-1-3-5-10/h1-8H,(H,19,20). The predicted molar refractivity (Wildman–Crippen MR) is 90.6 cm³/mol. The molecule has 8 heteroatoms. The molecule has 0 fully saturated rings. The van der Waals surface area contributed by atoms with Crippen LogP contribution in [0.15, 0.2) is 53.4 Å². The van der Waals surface area contributed by atoms with E-state index >= 15 is 0 Å². The molecule has 2 aromatic carbocycles. The zero-order valence-electron chi connectivity index (χ0n) is 11.4. The lowest BCUT2D eigenvalue weighted by atomic mass is 10.2. The first kappa shape index (κ1) is 15.9. The van der Waals surface area contributed by atoms with E-state index in [0.29, 0.717) is 9.36 Å². The van der Waals surface area contributed by atoms with Crippen LogP contribution in [0.25, 0.3) is 10.9 Å². The molecule has 118 valence electrons. The number of carboxylic acid groups (broad SMARTS) is 1. The highest BCUT2D eigenvalue weighted by Gasteiger charge is 2.29. The van der Waals surface area contributed by atoms with Crippen molar-refractivity contribution in [2.45, 2.75) is 4.90 Å². The van der Waals surface area contributed by atoms with Crippen LogP contribution >= 0.6 is 22.6 Å². The molecule has 1 N–H and O–H groups in total. The predicted octanol–water partition coefficient (Wildman–Crippen LogP) is 3.32. The number of aromatic carboxylic acids is 1. The van der Waals surface area contributed by atoms with E-state index in [4.69, 9.17) is 0 Å². The first-order valence-electron chi connectivity index (χ1n) is 6.37. The summed E-state index contributed by atoms with van der Waals surface area (Å²) in [5.41, 5.74) is -0.411. The highest BCUT2D eigenvalue weighted by atomic mass is 127. The Balaban J connectivity index is 2.48. The SMILES string of the molecule is O=C(O)c1c(I)c2ccc(F)cc2n1S(=O)(=O)c1ccccc1. The van der Waals surface area contributed by atoms with E-state index in [1.807, 2.05) is 0 Å². The Morgan fingerprint density at radius 2 is 1.78 bits per heavy atom. The zero-order valence-corrected chi connectivity index (χ0v) is 14.4. The summed E-state index contributed by atoms with van der Waals surface area (Å²) in [6.45, 7) is 0. The number of halogens is 2. The quantitative estimate of drug-likeness (QED) is 0.628. The van der Waals surface area contributed by atoms with Crippen molar-refractivity contribution in [1.29, 1.82) is 0 Å². The van der Waals surface area contributed by atoms with Crippen molar-refractivity contribution in [3.63, 3.8) is 0 Å². The van der Waals surface area contributed by atoms with Crippen molar-refractivity contribution >= 4 is 49.5 Å². The molecule has 0 bridgehead atoms. The molecular weight excluding hydrogens is 436 g/mol. The molecule has 3 aromatic rings. The van der Waals surface area contributed by atoms with Gasteiger partial charge in [-0.15, -0.1) is 0 Å². The summed E-state index contributed by atoms with van der Waals surface area (Å²) in [5.74, 6) is -2.04. The van der Waals surface area contributed by atoms with Crippen LogP contribution in [-0.2, 0) is 10.0 Å². The van der Waals surface area contributed by atoms with E-state index in [9.17, 15) is 22.7 Å². The molecule has 0 saturated carbocycles. The monoisotopic (exact) mass is 445 g/mol. The van der Waals surface area contributed by atoms with E-state index in [1.165, 1.54) is 30.3 Å². The van der Waals surface area contributed by atoms with Crippen molar-refractivity contribution in [1.82, 2.24) is 3.97 Å². The number of nitrogens with zero attached hydrogens (tertiary/aromatic N) is 1. The number of carboxylic acids is 1. The lowest BCUT2D eigenvalue weighted by molar-refractivity contribution is 0.0688. The highest BCUT2D eigenvalue weighted by Crippen LogP contribution is 2.32. The number of carbonyl (C=O) groups is 1. The minimum absolute atomic E-state index is 0.00402. The minimum atomic E-state index is -4.17. The van der Waals surface area contributed by atoms with Crippen LogP contribution in [0.1, 0.15) is 10.5 Å². The third kappa shape index (κ3) is 2.51. The van der Waals surface area contributed by atoms with Crippen LogP contribution in [0.3, 0.4) is 0 Å². The van der Waals surface area contributed by atoms with E-state index in [-0.39, 0.29) is 14.0 Å². The van der Waals surface area contributed by atoms with Gasteiger partial charge in [-0.3, -0.25) is 0 Å². The van der Waals surface area contributed by atoms with Gasteiger partial charge in [0.2, 0.25) is 0 Å². The summed E-state index contributed by atoms with van der Waals surface area (Å²) >= 11 is 1.76. The average molecular weight is 445 g/mol. The van der Waals surface area contributed by atoms with Gasteiger partial charge in [0.15, 0.2) is 5.69 Å². The van der Waals surface area contributed by atoms with E-state index in [0.717, 1.165) is 12.1 Å². The summed E-state index contributed by atoms with van der Waals surface area (Å²) < 4.78 is 40.3. The van der Waals surface area contributed by atoms with Crippen LogP contribution in [0.5, 0.6) is 0 Å². The first-order chi connectivity index (χ1) is 10.8. The Morgan fingerprint density at radius 3 is 2.39 bits per heavy atom. The van der Waals surface area contributed by atoms with Crippen LogP contribution in [-0.4, -0.2) is 23.5 Å². The lowest BCUT2D eigenvalue weighted by Crippen LogP contribution is -2.19. The van der Waals surface area contributed by atoms with Gasteiger partial charge < -0.3 is 5.11 Å². The maximum absolute atomic E-state index is 13.6. The Kier molecular flexibility index (Phi) is 3.88. The molecule has 0 amide bonds. The van der Waals surface area contributed by atoms with E-state index < -0.39 is 27.5 Å². The third-order valence-electron chi connectivity index (χ3n) is 3.31. The van der Waals surface area contributed by atoms with Crippen LogP contribution in [0.4, 0.5) is 4.39 Å². The van der Waals surface area contributed by atoms with Gasteiger partial charge in [-0.25, -0.2) is 21.6 Å². The van der Waals surface area contributed by atoms with Crippen molar-refractivity contribution in [2.24, 2.45) is 0 Å². The normalized spacial score (nSPS) is 11.7. The second-order valence-corrected chi connectivity index (χ2v) is 7.58. The molecular formula is C15H9FINO4S. The number of fused-ring (bicyclic) bond motifs is 1. The molecule has 0 spiro atoms. The number of hydrogen-bond donors (Lipinski definition) is 1. The first-order valence-corrected chi connectivity index (χ1v) is 8.89. The van der Waals surface area contributed by atoms with Gasteiger partial charge in [-0.1, -0.05) is 18.2 Å². The zero-order chi connectivity index (χ0) is 16.8. The molecule has 1 aromatic heterocycles. The summed E-state index contributed by atoms with van der Waals surface area (Å²) in [4.78, 5) is 11.5. The van der Waals surface area contributed by atoms with Gasteiger partial charge in [0.05, 0.1) is 14.0 Å². The summed E-state index contributed by atoms with van der Waals surface area (Å²) in [6.07, 6.45) is 0. The van der Waals surface area contributed by atoms with E-state index in [1.54, 1.807) is 28.7 Å². The Hall–Kier alpha value is -1.94. The van der Waals surface area contributed by atoms with Crippen LogP contribution in [0, 0.1) is 9.39 Å². The van der Waals surface area contributed by atoms with Crippen molar-refractivity contribution in [3.05, 3.63) is 63.6 Å². The second-order valence-electron chi connectivity index (χ2n) is 4.71. The molecule has 1 heterocycles. The number of benzene rings is 2. The summed E-state index contributed by atoms with van der Waals surface area (Å²) in [7, 11) is -4.17. The fourth-order valence-corrected chi connectivity index (χ4v) is 4.95. The minimum Gasteiger partial charge on any atom is -0.477 e. The second kappa shape index (κ2) is 5.60. The Morgan fingerprint density at radius 1 is 1.13 bits per heavy atom. The van der Waals surface area contributed by atoms with Gasteiger partial charge in [0.25, 0.3) is 10.0 Å². The molecule has 0 radical (unpaired) electrons. The summed E-state index contributed by atoms with van der Waals surface area (Å²) in [6, 6.07) is 11.0. The molecule has 0 saturated heterocycles. The molecule has 3 rings (SSSR count). The maximum Gasteiger partial charge on any atom is 0.354 e. The fourth-order valence-electron chi connectivity index (χ4n) is 2.32. The maximum atomic E-state index is 13.6. The smallest absolute Gasteiger partial charge is 0.354 e. The molecule has 0 aliphatic rings. The molecule has 0 unspecified atom stereocenters. The average Bonchev–Trinajstić information content (AvgIpc) is 2.81. The fraction of sp³-hybridized carbons (Fsp3) is 0. The summed E-state index contributed by atoms with van der Waals surface area (Å²) in [5, 5.41) is 9.81. The van der Waals surface area contributed by atoms with Gasteiger partial charge >= 0.3 is 5.97 Å². The molecule has 0 atom stereocenters. The topological polar surface area (TPSA) is 76.4 Å². The van der Waals surface area contributed by atoms with Crippen LogP contribution in [0.2, 0.25) is 0 Å². The van der Waals surface area contributed by atoms with Gasteiger partial charge in [0, 0.05) is 5.39 Å². The van der Waals surface area contributed by atoms with Gasteiger partial charge in [0.1, 0.15) is 5.82 Å². The van der Waals surface area contributed by atoms with Crippen molar-refractivity contribution in [3.8, 4) is 0 Å². The number of rotatable bonds is 3. The molecule has 23 heavy (non-hydrogen) atoms. The Bertz CT molecular complexity index is 1030. The lowest BCUT2D eigenvalue weighted by Gasteiger charge is -2.10. The number of hydrogen-bond acceptors (Lipinski definition) is 3. The molecule has 0 aliphatic carbocycles. The van der Waals surface area contributed by atoms with Crippen LogP contribution < -0.4 is 0 Å².